The third kappa shape index (κ3) is 8.46. The SMILES string of the molecule is OCC[C@H](O)COCC[C@H](O)CCl. The van der Waals surface area contributed by atoms with Crippen LogP contribution >= 0.6 is 11.6 Å². The van der Waals surface area contributed by atoms with Crippen molar-refractivity contribution < 1.29 is 20.1 Å². The molecular formula is C8H17ClO4. The molecule has 13 heavy (non-hydrogen) atoms. The van der Waals surface area contributed by atoms with Gasteiger partial charge in [0.05, 0.1) is 18.8 Å². The van der Waals surface area contributed by atoms with E-state index in [9.17, 15) is 0 Å². The molecule has 0 amide bonds. The van der Waals surface area contributed by atoms with Crippen LogP contribution in [0.15, 0.2) is 0 Å². The zero-order valence-electron chi connectivity index (χ0n) is 7.53. The quantitative estimate of drug-likeness (QED) is 0.383. The van der Waals surface area contributed by atoms with Gasteiger partial charge in [0.1, 0.15) is 0 Å². The van der Waals surface area contributed by atoms with E-state index in [1.165, 1.54) is 0 Å². The van der Waals surface area contributed by atoms with Crippen LogP contribution in [0.25, 0.3) is 0 Å². The third-order valence-corrected chi connectivity index (χ3v) is 1.90. The molecule has 0 aliphatic heterocycles. The van der Waals surface area contributed by atoms with Gasteiger partial charge in [0, 0.05) is 19.1 Å². The first-order valence-corrected chi connectivity index (χ1v) is 4.84. The fraction of sp³-hybridized carbons (Fsp3) is 1.00. The fourth-order valence-electron chi connectivity index (χ4n) is 0.748. The molecule has 0 saturated heterocycles. The van der Waals surface area contributed by atoms with Gasteiger partial charge < -0.3 is 20.1 Å². The molecule has 2 atom stereocenters. The van der Waals surface area contributed by atoms with Gasteiger partial charge in [-0.05, 0) is 12.8 Å². The molecule has 4 nitrogen and oxygen atoms in total. The third-order valence-electron chi connectivity index (χ3n) is 1.55. The first-order valence-electron chi connectivity index (χ1n) is 4.31. The number of alkyl halides is 1. The van der Waals surface area contributed by atoms with Gasteiger partial charge in [-0.2, -0.15) is 0 Å². The monoisotopic (exact) mass is 212 g/mol. The first kappa shape index (κ1) is 13.1. The maximum Gasteiger partial charge on any atom is 0.0795 e. The van der Waals surface area contributed by atoms with Crippen molar-refractivity contribution in [1.82, 2.24) is 0 Å². The van der Waals surface area contributed by atoms with E-state index >= 15 is 0 Å². The van der Waals surface area contributed by atoms with E-state index in [1.807, 2.05) is 0 Å². The highest BCUT2D eigenvalue weighted by Gasteiger charge is 2.04. The van der Waals surface area contributed by atoms with E-state index in [4.69, 9.17) is 31.7 Å². The van der Waals surface area contributed by atoms with Gasteiger partial charge in [-0.25, -0.2) is 0 Å². The van der Waals surface area contributed by atoms with Gasteiger partial charge in [-0.15, -0.1) is 11.6 Å². The molecule has 0 heterocycles. The van der Waals surface area contributed by atoms with Crippen molar-refractivity contribution in [3.63, 3.8) is 0 Å². The van der Waals surface area contributed by atoms with Crippen LogP contribution in [0.5, 0.6) is 0 Å². The van der Waals surface area contributed by atoms with Crippen molar-refractivity contribution in [3.05, 3.63) is 0 Å². The number of aliphatic hydroxyl groups is 3. The Morgan fingerprint density at radius 2 is 1.85 bits per heavy atom. The summed E-state index contributed by atoms with van der Waals surface area (Å²) in [6.45, 7) is 0.515. The fourth-order valence-corrected chi connectivity index (χ4v) is 0.903. The summed E-state index contributed by atoms with van der Waals surface area (Å²) in [6.07, 6.45) is -0.386. The average molecular weight is 213 g/mol. The summed E-state index contributed by atoms with van der Waals surface area (Å²) >= 11 is 5.36. The molecule has 0 unspecified atom stereocenters. The van der Waals surface area contributed by atoms with Crippen molar-refractivity contribution in [1.29, 1.82) is 0 Å². The maximum atomic E-state index is 9.10. The maximum absolute atomic E-state index is 9.10. The number of ether oxygens (including phenoxy) is 1. The van der Waals surface area contributed by atoms with Crippen LogP contribution in [0.3, 0.4) is 0 Å². The predicted octanol–water partition coefficient (Wildman–Crippen LogP) is -0.264. The van der Waals surface area contributed by atoms with Gasteiger partial charge in [0.25, 0.3) is 0 Å². The van der Waals surface area contributed by atoms with Gasteiger partial charge >= 0.3 is 0 Å². The highest BCUT2D eigenvalue weighted by molar-refractivity contribution is 6.18. The molecule has 0 fully saturated rings. The zero-order chi connectivity index (χ0) is 10.1. The molecule has 0 saturated carbocycles. The van der Waals surface area contributed by atoms with Gasteiger partial charge in [0.15, 0.2) is 0 Å². The molecule has 0 radical (unpaired) electrons. The Kier molecular flexibility index (Phi) is 8.80. The van der Waals surface area contributed by atoms with E-state index in [1.54, 1.807) is 0 Å². The summed E-state index contributed by atoms with van der Waals surface area (Å²) in [7, 11) is 0. The first-order chi connectivity index (χ1) is 6.20. The Labute approximate surface area is 83.1 Å². The molecule has 0 bridgehead atoms. The Bertz CT molecular complexity index is 112. The smallest absolute Gasteiger partial charge is 0.0795 e. The molecule has 0 aromatic rings. The van der Waals surface area contributed by atoms with Crippen LogP contribution in [0.1, 0.15) is 12.8 Å². The lowest BCUT2D eigenvalue weighted by Gasteiger charge is -2.10. The van der Waals surface area contributed by atoms with Crippen molar-refractivity contribution in [2.45, 2.75) is 25.0 Å². The summed E-state index contributed by atoms with van der Waals surface area (Å²) in [4.78, 5) is 0. The van der Waals surface area contributed by atoms with Crippen LogP contribution in [0.2, 0.25) is 0 Å². The van der Waals surface area contributed by atoms with Gasteiger partial charge in [-0.1, -0.05) is 0 Å². The lowest BCUT2D eigenvalue weighted by Crippen LogP contribution is -2.19. The molecule has 0 spiro atoms. The average Bonchev–Trinajstić information content (AvgIpc) is 2.12. The van der Waals surface area contributed by atoms with Crippen molar-refractivity contribution in [2.24, 2.45) is 0 Å². The second kappa shape index (κ2) is 8.72. The van der Waals surface area contributed by atoms with Crippen LogP contribution in [-0.4, -0.2) is 53.2 Å². The highest BCUT2D eigenvalue weighted by Crippen LogP contribution is 1.97. The summed E-state index contributed by atoms with van der Waals surface area (Å²) in [5.41, 5.74) is 0. The molecular weight excluding hydrogens is 196 g/mol. The number of rotatable bonds is 8. The Morgan fingerprint density at radius 3 is 2.38 bits per heavy atom. The van der Waals surface area contributed by atoms with E-state index in [0.717, 1.165) is 0 Å². The van der Waals surface area contributed by atoms with Gasteiger partial charge in [0.2, 0.25) is 0 Å². The van der Waals surface area contributed by atoms with Crippen LogP contribution in [0, 0.1) is 0 Å². The van der Waals surface area contributed by atoms with Crippen molar-refractivity contribution in [2.75, 3.05) is 25.7 Å². The molecule has 5 heteroatoms. The molecule has 0 aromatic carbocycles. The summed E-state index contributed by atoms with van der Waals surface area (Å²) in [5, 5.41) is 26.6. The lowest BCUT2D eigenvalue weighted by atomic mass is 10.3. The summed E-state index contributed by atoms with van der Waals surface area (Å²) < 4.78 is 5.04. The van der Waals surface area contributed by atoms with Gasteiger partial charge in [-0.3, -0.25) is 0 Å². The lowest BCUT2D eigenvalue weighted by molar-refractivity contribution is 0.0135. The molecule has 0 rings (SSSR count). The number of aliphatic hydroxyl groups excluding tert-OH is 3. The summed E-state index contributed by atoms with van der Waals surface area (Å²) in [5.74, 6) is 0.197. The minimum atomic E-state index is -0.627. The molecule has 0 aliphatic rings. The van der Waals surface area contributed by atoms with Crippen molar-refractivity contribution >= 4 is 11.6 Å². The molecule has 3 N–H and O–H groups in total. The minimum Gasteiger partial charge on any atom is -0.396 e. The van der Waals surface area contributed by atoms with E-state index in [-0.39, 0.29) is 19.1 Å². The number of hydrogen-bond acceptors (Lipinski definition) is 4. The summed E-state index contributed by atoms with van der Waals surface area (Å²) in [6, 6.07) is 0. The van der Waals surface area contributed by atoms with Crippen LogP contribution in [0.4, 0.5) is 0 Å². The second-order valence-electron chi connectivity index (χ2n) is 2.84. The Morgan fingerprint density at radius 1 is 1.15 bits per heavy atom. The minimum absolute atomic E-state index is 0.0468. The molecule has 80 valence electrons. The Balaban J connectivity index is 3.15. The van der Waals surface area contributed by atoms with E-state index in [2.05, 4.69) is 0 Å². The van der Waals surface area contributed by atoms with E-state index < -0.39 is 12.2 Å². The zero-order valence-corrected chi connectivity index (χ0v) is 8.28. The Hall–Kier alpha value is 0.130. The number of hydrogen-bond donors (Lipinski definition) is 3. The highest BCUT2D eigenvalue weighted by atomic mass is 35.5. The predicted molar refractivity (Wildman–Crippen MR) is 49.9 cm³/mol. The normalized spacial score (nSPS) is 15.7. The van der Waals surface area contributed by atoms with Crippen LogP contribution < -0.4 is 0 Å². The molecule has 0 aromatic heterocycles. The van der Waals surface area contributed by atoms with E-state index in [0.29, 0.717) is 19.4 Å². The van der Waals surface area contributed by atoms with Crippen molar-refractivity contribution in [3.8, 4) is 0 Å². The topological polar surface area (TPSA) is 69.9 Å². The standard InChI is InChI=1S/C8H17ClO4/c9-5-7(11)2-4-13-6-8(12)1-3-10/h7-8,10-12H,1-6H2/t7-,8-/m0/s1. The second-order valence-corrected chi connectivity index (χ2v) is 3.15. The van der Waals surface area contributed by atoms with Crippen LogP contribution in [-0.2, 0) is 4.74 Å². The largest absolute Gasteiger partial charge is 0.396 e. The number of halogens is 1. The molecule has 0 aliphatic carbocycles.